The Hall–Kier alpha value is -1.93. The molecule has 0 spiro atoms. The number of hydrogen-bond acceptors (Lipinski definition) is 4. The van der Waals surface area contributed by atoms with Crippen molar-refractivity contribution >= 4 is 5.71 Å². The molecule has 4 nitrogen and oxygen atoms in total. The molecule has 106 valence electrons. The van der Waals surface area contributed by atoms with E-state index < -0.39 is 5.82 Å². The number of hydrogen-bond donors (Lipinski definition) is 0. The molecule has 2 rings (SSSR count). The molecule has 20 heavy (non-hydrogen) atoms. The second-order valence-corrected chi connectivity index (χ2v) is 5.20. The number of rotatable bonds is 3. The molecule has 1 aliphatic rings. The van der Waals surface area contributed by atoms with Crippen LogP contribution in [0.25, 0.3) is 0 Å². The highest BCUT2D eigenvalue weighted by atomic mass is 19.1. The predicted octanol–water partition coefficient (Wildman–Crippen LogP) is 2.94. The largest absolute Gasteiger partial charge is 0.357 e. The molecule has 1 aliphatic carbocycles. The maximum atomic E-state index is 13.4. The zero-order chi connectivity index (χ0) is 14.5. The third kappa shape index (κ3) is 3.55. The van der Waals surface area contributed by atoms with E-state index in [1.165, 1.54) is 12.1 Å². The molecule has 0 radical (unpaired) electrons. The Balaban J connectivity index is 1.94. The molecular weight excluding hydrogens is 257 g/mol. The van der Waals surface area contributed by atoms with Gasteiger partial charge < -0.3 is 9.74 Å². The molecule has 1 aromatic carbocycles. The molecular formula is C15H18FN3O. The van der Waals surface area contributed by atoms with Crippen LogP contribution in [0.1, 0.15) is 31.2 Å². The van der Waals surface area contributed by atoms with Gasteiger partial charge in [0.05, 0.1) is 11.3 Å². The lowest BCUT2D eigenvalue weighted by molar-refractivity contribution is 0.256. The molecule has 0 bridgehead atoms. The number of nitrogens with zero attached hydrogens (tertiary/aromatic N) is 3. The fourth-order valence-corrected chi connectivity index (χ4v) is 2.30. The van der Waals surface area contributed by atoms with Crippen LogP contribution in [-0.2, 0) is 0 Å². The van der Waals surface area contributed by atoms with Gasteiger partial charge in [-0.1, -0.05) is 5.16 Å². The van der Waals surface area contributed by atoms with Gasteiger partial charge in [0, 0.05) is 12.1 Å². The second-order valence-electron chi connectivity index (χ2n) is 5.20. The molecule has 0 unspecified atom stereocenters. The van der Waals surface area contributed by atoms with Crippen LogP contribution in [0, 0.1) is 17.1 Å². The number of benzene rings is 1. The average molecular weight is 275 g/mol. The summed E-state index contributed by atoms with van der Waals surface area (Å²) >= 11 is 0. The number of halogens is 1. The van der Waals surface area contributed by atoms with Crippen LogP contribution in [0.3, 0.4) is 0 Å². The minimum absolute atomic E-state index is 0.0106. The maximum absolute atomic E-state index is 13.4. The van der Waals surface area contributed by atoms with Crippen molar-refractivity contribution in [3.63, 3.8) is 0 Å². The van der Waals surface area contributed by atoms with E-state index in [0.29, 0.717) is 11.8 Å². The van der Waals surface area contributed by atoms with Gasteiger partial charge in [0.2, 0.25) is 0 Å². The molecule has 1 aromatic rings. The normalized spacial score (nSPS) is 18.8. The summed E-state index contributed by atoms with van der Waals surface area (Å²) in [6.45, 7) is 0. The summed E-state index contributed by atoms with van der Waals surface area (Å²) in [6.07, 6.45) is 3.94. The van der Waals surface area contributed by atoms with E-state index >= 15 is 0 Å². The van der Waals surface area contributed by atoms with Crippen molar-refractivity contribution in [1.29, 1.82) is 5.26 Å². The lowest BCUT2D eigenvalue weighted by Crippen LogP contribution is -2.32. The molecule has 0 amide bonds. The highest BCUT2D eigenvalue weighted by Gasteiger charge is 2.19. The predicted molar refractivity (Wildman–Crippen MR) is 75.1 cm³/mol. The Morgan fingerprint density at radius 1 is 1.35 bits per heavy atom. The standard InChI is InChI=1S/C15H18FN3O/c1-19(2)13-6-4-12(5-7-13)18-20-14-8-3-11(10-17)15(16)9-14/h3,8-9,13H,4-7H2,1-2H3. The van der Waals surface area contributed by atoms with E-state index in [1.54, 1.807) is 12.1 Å². The van der Waals surface area contributed by atoms with Gasteiger partial charge >= 0.3 is 0 Å². The van der Waals surface area contributed by atoms with Gasteiger partial charge in [0.1, 0.15) is 11.9 Å². The summed E-state index contributed by atoms with van der Waals surface area (Å²) in [7, 11) is 4.17. The summed E-state index contributed by atoms with van der Waals surface area (Å²) in [4.78, 5) is 7.48. The lowest BCUT2D eigenvalue weighted by Gasteiger charge is -2.28. The van der Waals surface area contributed by atoms with E-state index in [1.807, 2.05) is 0 Å². The van der Waals surface area contributed by atoms with Crippen molar-refractivity contribution in [3.8, 4) is 11.8 Å². The lowest BCUT2D eigenvalue weighted by atomic mass is 9.93. The minimum Gasteiger partial charge on any atom is -0.357 e. The molecule has 0 aliphatic heterocycles. The van der Waals surface area contributed by atoms with Crippen LogP contribution >= 0.6 is 0 Å². The second kappa shape index (κ2) is 6.49. The van der Waals surface area contributed by atoms with Crippen LogP contribution in [-0.4, -0.2) is 30.7 Å². The first-order chi connectivity index (χ1) is 9.60. The molecule has 0 saturated heterocycles. The molecule has 5 heteroatoms. The third-order valence-electron chi connectivity index (χ3n) is 3.60. The summed E-state index contributed by atoms with van der Waals surface area (Å²) in [5, 5.41) is 12.7. The zero-order valence-corrected chi connectivity index (χ0v) is 11.8. The van der Waals surface area contributed by atoms with Gasteiger partial charge in [0.15, 0.2) is 5.75 Å². The van der Waals surface area contributed by atoms with Gasteiger partial charge in [-0.3, -0.25) is 0 Å². The van der Waals surface area contributed by atoms with E-state index in [-0.39, 0.29) is 5.56 Å². The Bertz CT molecular complexity index is 539. The highest BCUT2D eigenvalue weighted by Crippen LogP contribution is 2.21. The van der Waals surface area contributed by atoms with Crippen molar-refractivity contribution in [2.24, 2.45) is 5.16 Å². The quantitative estimate of drug-likeness (QED) is 0.797. The summed E-state index contributed by atoms with van der Waals surface area (Å²) in [5.41, 5.74) is 1.02. The van der Waals surface area contributed by atoms with Crippen molar-refractivity contribution in [2.45, 2.75) is 31.7 Å². The monoisotopic (exact) mass is 275 g/mol. The number of oxime groups is 1. The first-order valence-electron chi connectivity index (χ1n) is 6.69. The molecule has 0 aromatic heterocycles. The topological polar surface area (TPSA) is 48.6 Å². The van der Waals surface area contributed by atoms with Crippen molar-refractivity contribution < 1.29 is 9.23 Å². The van der Waals surface area contributed by atoms with Gasteiger partial charge in [-0.05, 0) is 51.9 Å². The fraction of sp³-hybridized carbons (Fsp3) is 0.467. The maximum Gasteiger partial charge on any atom is 0.160 e. The van der Waals surface area contributed by atoms with Gasteiger partial charge in [-0.2, -0.15) is 5.26 Å². The summed E-state index contributed by atoms with van der Waals surface area (Å²) in [6, 6.07) is 6.51. The minimum atomic E-state index is -0.582. The van der Waals surface area contributed by atoms with E-state index in [4.69, 9.17) is 10.1 Å². The van der Waals surface area contributed by atoms with Crippen molar-refractivity contribution in [2.75, 3.05) is 14.1 Å². The van der Waals surface area contributed by atoms with Crippen LogP contribution < -0.4 is 4.84 Å². The Morgan fingerprint density at radius 3 is 2.60 bits per heavy atom. The van der Waals surface area contributed by atoms with Crippen LogP contribution in [0.5, 0.6) is 5.75 Å². The molecule has 0 heterocycles. The Kier molecular flexibility index (Phi) is 4.70. The molecule has 0 atom stereocenters. The summed E-state index contributed by atoms with van der Waals surface area (Å²) in [5.74, 6) is -0.259. The van der Waals surface area contributed by atoms with E-state index in [2.05, 4.69) is 24.2 Å². The van der Waals surface area contributed by atoms with Crippen molar-refractivity contribution in [3.05, 3.63) is 29.6 Å². The highest BCUT2D eigenvalue weighted by molar-refractivity contribution is 5.84. The van der Waals surface area contributed by atoms with E-state index in [9.17, 15) is 4.39 Å². The molecule has 0 N–H and O–H groups in total. The summed E-state index contributed by atoms with van der Waals surface area (Å²) < 4.78 is 13.4. The zero-order valence-electron chi connectivity index (χ0n) is 11.8. The van der Waals surface area contributed by atoms with Gasteiger partial charge in [0.25, 0.3) is 0 Å². The first-order valence-corrected chi connectivity index (χ1v) is 6.69. The van der Waals surface area contributed by atoms with Crippen LogP contribution in [0.4, 0.5) is 4.39 Å². The van der Waals surface area contributed by atoms with Crippen LogP contribution in [0.15, 0.2) is 23.4 Å². The van der Waals surface area contributed by atoms with E-state index in [0.717, 1.165) is 31.4 Å². The number of nitriles is 1. The van der Waals surface area contributed by atoms with Crippen LogP contribution in [0.2, 0.25) is 0 Å². The van der Waals surface area contributed by atoms with Gasteiger partial charge in [-0.25, -0.2) is 4.39 Å². The Labute approximate surface area is 118 Å². The Morgan fingerprint density at radius 2 is 2.05 bits per heavy atom. The smallest absolute Gasteiger partial charge is 0.160 e. The fourth-order valence-electron chi connectivity index (χ4n) is 2.30. The van der Waals surface area contributed by atoms with Crippen molar-refractivity contribution in [1.82, 2.24) is 4.90 Å². The first kappa shape index (κ1) is 14.5. The SMILES string of the molecule is CN(C)C1CCC(=NOc2ccc(C#N)c(F)c2)CC1. The average Bonchev–Trinajstić information content (AvgIpc) is 2.45. The van der Waals surface area contributed by atoms with Gasteiger partial charge in [-0.15, -0.1) is 0 Å². The third-order valence-corrected chi connectivity index (χ3v) is 3.60. The molecule has 1 saturated carbocycles. The molecule has 1 fully saturated rings.